The molecule has 1 aliphatic rings. The molecule has 0 amide bonds. The standard InChI is InChI=1S/C12H11ClO2/c1-6-3-4-8(7(2)5-6)9-10(13)12(15)11(9)14/h3-5,9,15H,1-2H3. The van der Waals surface area contributed by atoms with Gasteiger partial charge in [0.1, 0.15) is 0 Å². The topological polar surface area (TPSA) is 37.3 Å². The molecule has 2 rings (SSSR count). The van der Waals surface area contributed by atoms with Crippen LogP contribution < -0.4 is 0 Å². The van der Waals surface area contributed by atoms with Crippen LogP contribution in [0, 0.1) is 13.8 Å². The predicted molar refractivity (Wildman–Crippen MR) is 59.2 cm³/mol. The monoisotopic (exact) mass is 222 g/mol. The van der Waals surface area contributed by atoms with Crippen LogP contribution in [0.15, 0.2) is 29.0 Å². The summed E-state index contributed by atoms with van der Waals surface area (Å²) in [6.07, 6.45) is 0. The molecule has 1 aliphatic carbocycles. The highest BCUT2D eigenvalue weighted by Gasteiger charge is 2.40. The van der Waals surface area contributed by atoms with Gasteiger partial charge < -0.3 is 5.11 Å². The molecule has 1 atom stereocenters. The highest BCUT2D eigenvalue weighted by atomic mass is 35.5. The van der Waals surface area contributed by atoms with Crippen LogP contribution in [0.1, 0.15) is 22.6 Å². The number of carbonyl (C=O) groups is 1. The first kappa shape index (κ1) is 10.2. The Balaban J connectivity index is 2.45. The van der Waals surface area contributed by atoms with Crippen molar-refractivity contribution in [2.24, 2.45) is 0 Å². The molecule has 0 radical (unpaired) electrons. The summed E-state index contributed by atoms with van der Waals surface area (Å²) in [6, 6.07) is 5.83. The van der Waals surface area contributed by atoms with E-state index in [9.17, 15) is 4.79 Å². The van der Waals surface area contributed by atoms with Crippen molar-refractivity contribution in [2.75, 3.05) is 0 Å². The van der Waals surface area contributed by atoms with Gasteiger partial charge >= 0.3 is 0 Å². The number of allylic oxidation sites excluding steroid dienone is 2. The number of hydrogen-bond donors (Lipinski definition) is 1. The number of carbonyl (C=O) groups excluding carboxylic acids is 1. The average molecular weight is 223 g/mol. The highest BCUT2D eigenvalue weighted by Crippen LogP contribution is 2.41. The third kappa shape index (κ3) is 1.45. The normalized spacial score (nSPS) is 20.5. The Hall–Kier alpha value is -1.28. The van der Waals surface area contributed by atoms with Gasteiger partial charge in [-0.15, -0.1) is 0 Å². The molecular formula is C12H11ClO2. The fourth-order valence-corrected chi connectivity index (χ4v) is 2.17. The quantitative estimate of drug-likeness (QED) is 0.793. The Morgan fingerprint density at radius 2 is 2.00 bits per heavy atom. The van der Waals surface area contributed by atoms with Crippen molar-refractivity contribution < 1.29 is 9.90 Å². The van der Waals surface area contributed by atoms with Gasteiger partial charge in [0.15, 0.2) is 5.76 Å². The molecule has 78 valence electrons. The van der Waals surface area contributed by atoms with Gasteiger partial charge in [0.2, 0.25) is 5.78 Å². The maximum Gasteiger partial charge on any atom is 0.211 e. The van der Waals surface area contributed by atoms with E-state index in [1.165, 1.54) is 0 Å². The van der Waals surface area contributed by atoms with Gasteiger partial charge in [0, 0.05) is 0 Å². The highest BCUT2D eigenvalue weighted by molar-refractivity contribution is 6.38. The first-order valence-electron chi connectivity index (χ1n) is 4.72. The molecule has 0 bridgehead atoms. The summed E-state index contributed by atoms with van der Waals surface area (Å²) in [4.78, 5) is 11.4. The first-order chi connectivity index (χ1) is 7.02. The molecule has 1 unspecified atom stereocenters. The molecule has 0 saturated carbocycles. The van der Waals surface area contributed by atoms with E-state index in [0.717, 1.165) is 16.7 Å². The van der Waals surface area contributed by atoms with E-state index in [0.29, 0.717) is 0 Å². The number of Topliss-reactive ketones (excluding diaryl/α,β-unsaturated/α-hetero) is 1. The van der Waals surface area contributed by atoms with E-state index in [-0.39, 0.29) is 16.6 Å². The SMILES string of the molecule is Cc1ccc(C2C(=O)C(O)=C2Cl)c(C)c1. The van der Waals surface area contributed by atoms with E-state index in [1.807, 2.05) is 32.0 Å². The fourth-order valence-electron chi connectivity index (χ4n) is 1.86. The lowest BCUT2D eigenvalue weighted by molar-refractivity contribution is -0.120. The summed E-state index contributed by atoms with van der Waals surface area (Å²) in [7, 11) is 0. The molecule has 15 heavy (non-hydrogen) atoms. The molecule has 0 aromatic heterocycles. The van der Waals surface area contributed by atoms with E-state index < -0.39 is 5.92 Å². The number of hydrogen-bond acceptors (Lipinski definition) is 2. The van der Waals surface area contributed by atoms with Gasteiger partial charge in [0.05, 0.1) is 11.0 Å². The summed E-state index contributed by atoms with van der Waals surface area (Å²) in [5.41, 5.74) is 3.06. The molecular weight excluding hydrogens is 212 g/mol. The lowest BCUT2D eigenvalue weighted by Crippen LogP contribution is -2.27. The van der Waals surface area contributed by atoms with Crippen molar-refractivity contribution in [3.63, 3.8) is 0 Å². The maximum atomic E-state index is 11.4. The molecule has 2 nitrogen and oxygen atoms in total. The number of ketones is 1. The van der Waals surface area contributed by atoms with Crippen LogP contribution in [0.2, 0.25) is 0 Å². The third-order valence-corrected chi connectivity index (χ3v) is 3.11. The first-order valence-corrected chi connectivity index (χ1v) is 5.10. The molecule has 0 heterocycles. The number of halogens is 1. The van der Waals surface area contributed by atoms with Gasteiger partial charge in [-0.3, -0.25) is 4.79 Å². The summed E-state index contributed by atoms with van der Waals surface area (Å²) in [6.45, 7) is 3.93. The van der Waals surface area contributed by atoms with E-state index in [4.69, 9.17) is 16.7 Å². The van der Waals surface area contributed by atoms with Crippen LogP contribution in [0.25, 0.3) is 0 Å². The number of aryl methyl sites for hydroxylation is 2. The van der Waals surface area contributed by atoms with Crippen LogP contribution in [-0.4, -0.2) is 10.9 Å². The average Bonchev–Trinajstić information content (AvgIpc) is 2.21. The molecule has 1 aromatic carbocycles. The molecule has 0 saturated heterocycles. The van der Waals surface area contributed by atoms with Crippen LogP contribution >= 0.6 is 11.6 Å². The van der Waals surface area contributed by atoms with Gasteiger partial charge in [-0.1, -0.05) is 35.4 Å². The van der Waals surface area contributed by atoms with Gasteiger partial charge in [-0.05, 0) is 25.0 Å². The van der Waals surface area contributed by atoms with E-state index in [1.54, 1.807) is 0 Å². The minimum absolute atomic E-state index is 0.256. The number of aliphatic hydroxyl groups excluding tert-OH is 1. The van der Waals surface area contributed by atoms with Crippen LogP contribution in [0.5, 0.6) is 0 Å². The van der Waals surface area contributed by atoms with Crippen molar-refractivity contribution in [3.8, 4) is 0 Å². The van der Waals surface area contributed by atoms with Crippen molar-refractivity contribution in [2.45, 2.75) is 19.8 Å². The largest absolute Gasteiger partial charge is 0.504 e. The van der Waals surface area contributed by atoms with Gasteiger partial charge in [0.25, 0.3) is 0 Å². The van der Waals surface area contributed by atoms with Crippen molar-refractivity contribution in [1.82, 2.24) is 0 Å². The minimum Gasteiger partial charge on any atom is -0.504 e. The summed E-state index contributed by atoms with van der Waals surface area (Å²) >= 11 is 5.82. The zero-order valence-electron chi connectivity index (χ0n) is 8.54. The second-order valence-corrected chi connectivity index (χ2v) is 4.26. The molecule has 0 fully saturated rings. The number of benzene rings is 1. The zero-order valence-corrected chi connectivity index (χ0v) is 9.30. The van der Waals surface area contributed by atoms with Crippen molar-refractivity contribution in [1.29, 1.82) is 0 Å². The van der Waals surface area contributed by atoms with Crippen LogP contribution in [0.4, 0.5) is 0 Å². The van der Waals surface area contributed by atoms with Crippen molar-refractivity contribution >= 4 is 17.4 Å². The molecule has 1 N–H and O–H groups in total. The maximum absolute atomic E-state index is 11.4. The molecule has 1 aromatic rings. The Kier molecular flexibility index (Phi) is 2.31. The predicted octanol–water partition coefficient (Wildman–Crippen LogP) is 2.98. The fraction of sp³-hybridized carbons (Fsp3) is 0.250. The summed E-state index contributed by atoms with van der Waals surface area (Å²) in [5, 5.41) is 9.42. The summed E-state index contributed by atoms with van der Waals surface area (Å²) < 4.78 is 0. The Labute approximate surface area is 93.2 Å². The molecule has 0 aliphatic heterocycles. The smallest absolute Gasteiger partial charge is 0.211 e. The second kappa shape index (κ2) is 3.38. The number of aliphatic hydroxyl groups is 1. The Morgan fingerprint density at radius 3 is 2.53 bits per heavy atom. The van der Waals surface area contributed by atoms with Crippen molar-refractivity contribution in [3.05, 3.63) is 45.7 Å². The second-order valence-electron chi connectivity index (χ2n) is 3.85. The van der Waals surface area contributed by atoms with Gasteiger partial charge in [-0.2, -0.15) is 0 Å². The van der Waals surface area contributed by atoms with E-state index in [2.05, 4.69) is 0 Å². The molecule has 3 heteroatoms. The summed E-state index contributed by atoms with van der Waals surface area (Å²) in [5.74, 6) is -1.03. The minimum atomic E-state index is -0.452. The third-order valence-electron chi connectivity index (χ3n) is 2.71. The van der Waals surface area contributed by atoms with Gasteiger partial charge in [-0.25, -0.2) is 0 Å². The Bertz CT molecular complexity index is 475. The van der Waals surface area contributed by atoms with E-state index >= 15 is 0 Å². The Morgan fingerprint density at radius 1 is 1.33 bits per heavy atom. The van der Waals surface area contributed by atoms with Crippen LogP contribution in [-0.2, 0) is 4.79 Å². The van der Waals surface area contributed by atoms with Crippen LogP contribution in [0.3, 0.4) is 0 Å². The zero-order chi connectivity index (χ0) is 11.2. The number of rotatable bonds is 1. The lowest BCUT2D eigenvalue weighted by Gasteiger charge is -2.25. The lowest BCUT2D eigenvalue weighted by atomic mass is 9.82. The molecule has 0 spiro atoms.